The fraction of sp³-hybridized carbons (Fsp3) is 0.192. The molecular weight excluding hydrogens is 575 g/mol. The lowest BCUT2D eigenvalue weighted by Gasteiger charge is -2.28. The zero-order valence-corrected chi connectivity index (χ0v) is 23.7. The number of rotatable bonds is 8. The largest absolute Gasteiger partial charge is 0.495 e. The van der Waals surface area contributed by atoms with Crippen molar-refractivity contribution < 1.29 is 21.9 Å². The predicted molar refractivity (Wildman–Crippen MR) is 146 cm³/mol. The van der Waals surface area contributed by atoms with Gasteiger partial charge in [0, 0.05) is 21.9 Å². The van der Waals surface area contributed by atoms with Gasteiger partial charge in [-0.3, -0.25) is 4.57 Å². The van der Waals surface area contributed by atoms with Crippen molar-refractivity contribution in [1.29, 1.82) is 0 Å². The topological polar surface area (TPSA) is 87.2 Å². The number of hydrogen-bond donors (Lipinski definition) is 1. The Kier molecular flexibility index (Phi) is 8.11. The number of hydrogen-bond acceptors (Lipinski definition) is 5. The normalized spacial score (nSPS) is 12.1. The van der Waals surface area contributed by atoms with Crippen molar-refractivity contribution in [2.45, 2.75) is 35.1 Å². The Morgan fingerprint density at radius 2 is 1.74 bits per heavy atom. The minimum absolute atomic E-state index is 0.0519. The Morgan fingerprint density at radius 1 is 1.05 bits per heavy atom. The monoisotopic (exact) mass is 597 g/mol. The van der Waals surface area contributed by atoms with Crippen LogP contribution in [-0.2, 0) is 21.2 Å². The van der Waals surface area contributed by atoms with Gasteiger partial charge in [0.25, 0.3) is 0 Å². The molecule has 0 aliphatic rings. The Labute approximate surface area is 233 Å². The van der Waals surface area contributed by atoms with E-state index in [9.17, 15) is 17.2 Å². The number of primary sulfonamides is 1. The fourth-order valence-electron chi connectivity index (χ4n) is 3.96. The summed E-state index contributed by atoms with van der Waals surface area (Å²) in [7, 11) is -2.75. The summed E-state index contributed by atoms with van der Waals surface area (Å²) in [5, 5.41) is 6.21. The summed E-state index contributed by atoms with van der Waals surface area (Å²) < 4.78 is 58.8. The first-order valence-electron chi connectivity index (χ1n) is 11.1. The standard InChI is InChI=1S/C26H23Cl2F2N3O3S2/c1-26(2,16-4-9-19(27)22(11-16)36-3)24-13-32-25(33(24)18-7-5-17(29)6-8-18)37-14-15-10-23(38(31,34)35)21(30)12-20(15)28/h4-13H,14H2,1-3H3,(H2,31,34,35). The zero-order chi connectivity index (χ0) is 27.8. The van der Waals surface area contributed by atoms with Crippen LogP contribution in [0.2, 0.25) is 10.0 Å². The third-order valence-corrected chi connectivity index (χ3v) is 8.68. The highest BCUT2D eigenvalue weighted by atomic mass is 35.5. The third-order valence-electron chi connectivity index (χ3n) is 6.09. The van der Waals surface area contributed by atoms with E-state index in [0.717, 1.165) is 23.4 Å². The van der Waals surface area contributed by atoms with Crippen LogP contribution in [0, 0.1) is 11.6 Å². The SMILES string of the molecule is COc1cc(C(C)(C)c2cnc(SCc3cc(S(N)(=O)=O)c(F)cc3Cl)n2-c2ccc(F)cc2)ccc1Cl. The summed E-state index contributed by atoms with van der Waals surface area (Å²) in [5.74, 6) is -0.730. The van der Waals surface area contributed by atoms with Gasteiger partial charge in [-0.25, -0.2) is 27.3 Å². The maximum absolute atomic E-state index is 14.2. The van der Waals surface area contributed by atoms with Crippen molar-refractivity contribution >= 4 is 45.0 Å². The lowest BCUT2D eigenvalue weighted by molar-refractivity contribution is 0.413. The Balaban J connectivity index is 1.79. The van der Waals surface area contributed by atoms with Gasteiger partial charge in [0.05, 0.1) is 24.0 Å². The minimum atomic E-state index is -4.28. The van der Waals surface area contributed by atoms with Crippen LogP contribution in [0.3, 0.4) is 0 Å². The molecule has 0 bridgehead atoms. The maximum Gasteiger partial charge on any atom is 0.240 e. The van der Waals surface area contributed by atoms with Gasteiger partial charge in [0.1, 0.15) is 22.3 Å². The number of methoxy groups -OCH3 is 1. The summed E-state index contributed by atoms with van der Waals surface area (Å²) in [4.78, 5) is 3.97. The molecule has 0 unspecified atom stereocenters. The maximum atomic E-state index is 14.2. The summed E-state index contributed by atoms with van der Waals surface area (Å²) in [6, 6.07) is 13.5. The van der Waals surface area contributed by atoms with Crippen molar-refractivity contribution in [3.8, 4) is 11.4 Å². The first-order valence-corrected chi connectivity index (χ1v) is 14.4. The second kappa shape index (κ2) is 10.9. The van der Waals surface area contributed by atoms with Crippen LogP contribution in [0.5, 0.6) is 5.75 Å². The van der Waals surface area contributed by atoms with Gasteiger partial charge in [-0.2, -0.15) is 0 Å². The van der Waals surface area contributed by atoms with Crippen molar-refractivity contribution in [3.63, 3.8) is 0 Å². The van der Waals surface area contributed by atoms with E-state index in [4.69, 9.17) is 33.1 Å². The molecule has 0 saturated heterocycles. The number of imidazole rings is 1. The van der Waals surface area contributed by atoms with E-state index in [2.05, 4.69) is 4.98 Å². The van der Waals surface area contributed by atoms with E-state index in [0.29, 0.717) is 27.2 Å². The zero-order valence-electron chi connectivity index (χ0n) is 20.5. The predicted octanol–water partition coefficient (Wildman–Crippen LogP) is 6.73. The molecule has 0 amide bonds. The van der Waals surface area contributed by atoms with Gasteiger partial charge < -0.3 is 4.74 Å². The number of benzene rings is 3. The molecule has 0 fully saturated rings. The molecular formula is C26H23Cl2F2N3O3S2. The first kappa shape index (κ1) is 28.4. The first-order chi connectivity index (χ1) is 17.8. The second-order valence-corrected chi connectivity index (χ2v) is 12.2. The number of sulfonamides is 1. The van der Waals surface area contributed by atoms with Gasteiger partial charge >= 0.3 is 0 Å². The second-order valence-electron chi connectivity index (χ2n) is 8.92. The van der Waals surface area contributed by atoms with Crippen LogP contribution in [0.25, 0.3) is 5.69 Å². The number of halogens is 4. The van der Waals surface area contributed by atoms with Gasteiger partial charge in [0.15, 0.2) is 5.16 Å². The highest BCUT2D eigenvalue weighted by Crippen LogP contribution is 2.39. The number of thioether (sulfide) groups is 1. The highest BCUT2D eigenvalue weighted by molar-refractivity contribution is 7.98. The van der Waals surface area contributed by atoms with Crippen LogP contribution in [0.1, 0.15) is 30.7 Å². The van der Waals surface area contributed by atoms with Gasteiger partial charge in [0.2, 0.25) is 10.0 Å². The molecule has 3 aromatic carbocycles. The minimum Gasteiger partial charge on any atom is -0.495 e. The molecule has 12 heteroatoms. The molecule has 1 heterocycles. The molecule has 0 aliphatic carbocycles. The molecule has 38 heavy (non-hydrogen) atoms. The summed E-state index contributed by atoms with van der Waals surface area (Å²) in [6.45, 7) is 4.02. The van der Waals surface area contributed by atoms with Crippen molar-refractivity contribution in [2.24, 2.45) is 5.14 Å². The van der Waals surface area contributed by atoms with Gasteiger partial charge in [-0.1, -0.05) is 54.9 Å². The van der Waals surface area contributed by atoms with Gasteiger partial charge in [-0.15, -0.1) is 0 Å². The van der Waals surface area contributed by atoms with Crippen molar-refractivity contribution in [2.75, 3.05) is 7.11 Å². The van der Waals surface area contributed by atoms with E-state index in [1.165, 1.54) is 31.0 Å². The van der Waals surface area contributed by atoms with E-state index in [-0.39, 0.29) is 16.6 Å². The molecule has 200 valence electrons. The molecule has 0 aliphatic heterocycles. The van der Waals surface area contributed by atoms with Crippen molar-refractivity contribution in [1.82, 2.24) is 9.55 Å². The molecule has 6 nitrogen and oxygen atoms in total. The number of nitrogens with two attached hydrogens (primary N) is 1. The molecule has 0 spiro atoms. The summed E-state index contributed by atoms with van der Waals surface area (Å²) >= 11 is 13.7. The van der Waals surface area contributed by atoms with E-state index in [1.807, 2.05) is 30.5 Å². The third kappa shape index (κ3) is 5.69. The average molecular weight is 599 g/mol. The molecule has 0 radical (unpaired) electrons. The van der Waals surface area contributed by atoms with Gasteiger partial charge in [-0.05, 0) is 59.7 Å². The Morgan fingerprint density at radius 3 is 2.37 bits per heavy atom. The smallest absolute Gasteiger partial charge is 0.240 e. The van der Waals surface area contributed by atoms with E-state index >= 15 is 0 Å². The molecule has 1 aromatic heterocycles. The fourth-order valence-corrected chi connectivity index (χ4v) is 6.07. The lowest BCUT2D eigenvalue weighted by atomic mass is 9.81. The van der Waals surface area contributed by atoms with Crippen LogP contribution in [0.15, 0.2) is 70.8 Å². The van der Waals surface area contributed by atoms with E-state index in [1.54, 1.807) is 24.4 Å². The highest BCUT2D eigenvalue weighted by Gasteiger charge is 2.30. The number of nitrogens with zero attached hydrogens (tertiary/aromatic N) is 2. The molecule has 4 aromatic rings. The summed E-state index contributed by atoms with van der Waals surface area (Å²) in [6.07, 6.45) is 1.72. The van der Waals surface area contributed by atoms with E-state index < -0.39 is 26.2 Å². The number of aromatic nitrogens is 2. The average Bonchev–Trinajstić information content (AvgIpc) is 3.28. The quantitative estimate of drug-likeness (QED) is 0.227. The Bertz CT molecular complexity index is 1610. The van der Waals surface area contributed by atoms with Crippen molar-refractivity contribution in [3.05, 3.63) is 99.3 Å². The number of ether oxygens (including phenoxy) is 1. The molecule has 0 atom stereocenters. The lowest BCUT2D eigenvalue weighted by Crippen LogP contribution is -2.23. The molecule has 2 N–H and O–H groups in total. The van der Waals surface area contributed by atoms with Crippen LogP contribution < -0.4 is 9.88 Å². The van der Waals surface area contributed by atoms with Crippen LogP contribution in [0.4, 0.5) is 8.78 Å². The molecule has 4 rings (SSSR count). The molecule has 0 saturated carbocycles. The van der Waals surface area contributed by atoms with Crippen LogP contribution >= 0.6 is 35.0 Å². The Hall–Kier alpha value is -2.63. The van der Waals surface area contributed by atoms with Crippen LogP contribution in [-0.4, -0.2) is 25.1 Å². The summed E-state index contributed by atoms with van der Waals surface area (Å²) in [5.41, 5.74) is 2.10.